The molecule has 4 saturated carbocycles. The third-order valence-corrected chi connectivity index (χ3v) is 7.52. The van der Waals surface area contributed by atoms with Gasteiger partial charge in [0.2, 0.25) is 5.76 Å². The average Bonchev–Trinajstić information content (AvgIpc) is 3.13. The second kappa shape index (κ2) is 6.81. The molecule has 7 rings (SSSR count). The van der Waals surface area contributed by atoms with Crippen molar-refractivity contribution in [2.75, 3.05) is 0 Å². The molecule has 0 spiro atoms. The number of aliphatic hydroxyl groups excluding tert-OH is 1. The topological polar surface area (TPSA) is 114 Å². The predicted octanol–water partition coefficient (Wildman–Crippen LogP) is 2.66. The molecule has 8 nitrogen and oxygen atoms in total. The van der Waals surface area contributed by atoms with Crippen LogP contribution >= 0.6 is 0 Å². The molecule has 5 aliphatic rings. The molecule has 1 aliphatic heterocycles. The minimum absolute atomic E-state index is 0.213. The van der Waals surface area contributed by atoms with E-state index in [1.54, 1.807) is 6.07 Å². The van der Waals surface area contributed by atoms with Gasteiger partial charge in [-0.3, -0.25) is 9.59 Å². The van der Waals surface area contributed by atoms with Gasteiger partial charge in [0.15, 0.2) is 12.0 Å². The molecule has 2 bridgehead atoms. The number of carbonyl (C=O) groups excluding carboxylic acids is 2. The summed E-state index contributed by atoms with van der Waals surface area (Å²) in [7, 11) is 0. The molecule has 3 N–H and O–H groups in total. The Morgan fingerprint density at radius 3 is 2.62 bits per heavy atom. The Hall–Kier alpha value is -2.87. The largest absolute Gasteiger partial charge is 0.480 e. The van der Waals surface area contributed by atoms with Gasteiger partial charge in [0, 0.05) is 29.0 Å². The highest BCUT2D eigenvalue weighted by atomic mass is 16.5. The van der Waals surface area contributed by atoms with E-state index in [0.29, 0.717) is 36.8 Å². The lowest BCUT2D eigenvalue weighted by Crippen LogP contribution is -2.84. The molecule has 0 saturated heterocycles. The van der Waals surface area contributed by atoms with Crippen molar-refractivity contribution in [1.29, 1.82) is 0 Å². The zero-order valence-electron chi connectivity index (χ0n) is 18.0. The minimum Gasteiger partial charge on any atom is -0.480 e. The normalized spacial score (nSPS) is 32.4. The Kier molecular flexibility index (Phi) is 4.21. The third-order valence-electron chi connectivity index (χ3n) is 7.52. The van der Waals surface area contributed by atoms with Crippen LogP contribution in [0.5, 0.6) is 5.75 Å². The number of nitrogens with zero attached hydrogens (tertiary/aromatic N) is 1. The standard InChI is InChI=1S/C24H27N3O5/c1-13-5-6-17-15(7-13)16(28)8-18(31-17)20(29)26-23-10-24(11-23,12-23)27-21(30)19-9-25-22(32-19)14-3-2-4-14/h5-7,9,14,16,18,28H,2-4,8,10-12H2,1H3,(H,26,29)(H,27,30)/t16-,18-,23?,24?/m1/s1. The molecule has 2 aromatic rings. The van der Waals surface area contributed by atoms with Gasteiger partial charge in [-0.15, -0.1) is 0 Å². The van der Waals surface area contributed by atoms with E-state index in [1.807, 2.05) is 19.1 Å². The van der Waals surface area contributed by atoms with Crippen molar-refractivity contribution in [3.05, 3.63) is 47.2 Å². The molecule has 0 unspecified atom stereocenters. The smallest absolute Gasteiger partial charge is 0.289 e. The first-order chi connectivity index (χ1) is 15.3. The van der Waals surface area contributed by atoms with Crippen LogP contribution in [0, 0.1) is 6.92 Å². The highest BCUT2D eigenvalue weighted by molar-refractivity contribution is 5.92. The summed E-state index contributed by atoms with van der Waals surface area (Å²) in [6.07, 6.45) is 5.68. The molecule has 2 heterocycles. The highest BCUT2D eigenvalue weighted by Gasteiger charge is 2.69. The summed E-state index contributed by atoms with van der Waals surface area (Å²) in [4.78, 5) is 29.7. The Labute approximate surface area is 185 Å². The molecular formula is C24H27N3O5. The monoisotopic (exact) mass is 437 g/mol. The lowest BCUT2D eigenvalue weighted by atomic mass is 9.44. The van der Waals surface area contributed by atoms with E-state index in [4.69, 9.17) is 9.15 Å². The maximum absolute atomic E-state index is 12.8. The number of aryl methyl sites for hydroxylation is 1. The molecule has 1 aromatic carbocycles. The van der Waals surface area contributed by atoms with Crippen molar-refractivity contribution in [3.63, 3.8) is 0 Å². The first-order valence-electron chi connectivity index (χ1n) is 11.4. The maximum Gasteiger partial charge on any atom is 0.289 e. The number of aliphatic hydroxyl groups is 1. The summed E-state index contributed by atoms with van der Waals surface area (Å²) >= 11 is 0. The van der Waals surface area contributed by atoms with E-state index in [9.17, 15) is 14.7 Å². The number of benzene rings is 1. The van der Waals surface area contributed by atoms with Crippen molar-refractivity contribution in [2.24, 2.45) is 0 Å². The minimum atomic E-state index is -0.723. The second-order valence-electron chi connectivity index (χ2n) is 10.1. The van der Waals surface area contributed by atoms with Crippen LogP contribution in [0.15, 0.2) is 28.8 Å². The summed E-state index contributed by atoms with van der Waals surface area (Å²) in [6, 6.07) is 5.60. The first kappa shape index (κ1) is 19.8. The fourth-order valence-corrected chi connectivity index (χ4v) is 5.66. The van der Waals surface area contributed by atoms with Crippen LogP contribution in [0.1, 0.15) is 84.5 Å². The maximum atomic E-state index is 12.8. The molecule has 32 heavy (non-hydrogen) atoms. The number of hydrogen-bond donors (Lipinski definition) is 3. The lowest BCUT2D eigenvalue weighted by molar-refractivity contribution is -0.147. The summed E-state index contributed by atoms with van der Waals surface area (Å²) < 4.78 is 11.5. The van der Waals surface area contributed by atoms with Crippen LogP contribution in [0.4, 0.5) is 0 Å². The molecule has 168 valence electrons. The van der Waals surface area contributed by atoms with E-state index in [1.165, 1.54) is 12.6 Å². The van der Waals surface area contributed by atoms with E-state index < -0.39 is 12.2 Å². The van der Waals surface area contributed by atoms with Gasteiger partial charge >= 0.3 is 0 Å². The second-order valence-corrected chi connectivity index (χ2v) is 10.1. The van der Waals surface area contributed by atoms with Gasteiger partial charge < -0.3 is 24.9 Å². The predicted molar refractivity (Wildman–Crippen MR) is 113 cm³/mol. The summed E-state index contributed by atoms with van der Waals surface area (Å²) in [5, 5.41) is 16.6. The molecule has 0 radical (unpaired) electrons. The number of fused-ring (bicyclic) bond motifs is 1. The molecule has 1 aromatic heterocycles. The molecular weight excluding hydrogens is 410 g/mol. The van der Waals surface area contributed by atoms with Gasteiger partial charge in [-0.25, -0.2) is 4.98 Å². The van der Waals surface area contributed by atoms with Gasteiger partial charge in [0.05, 0.1) is 12.3 Å². The number of ether oxygens (including phenoxy) is 1. The molecule has 2 amide bonds. The van der Waals surface area contributed by atoms with Crippen molar-refractivity contribution >= 4 is 11.8 Å². The van der Waals surface area contributed by atoms with Crippen LogP contribution in [-0.2, 0) is 4.79 Å². The highest BCUT2D eigenvalue weighted by Crippen LogP contribution is 2.60. The number of nitrogens with one attached hydrogen (secondary N) is 2. The van der Waals surface area contributed by atoms with E-state index in [0.717, 1.165) is 24.0 Å². The number of aromatic nitrogens is 1. The molecule has 8 heteroatoms. The van der Waals surface area contributed by atoms with Crippen molar-refractivity contribution in [3.8, 4) is 5.75 Å². The van der Waals surface area contributed by atoms with Gasteiger partial charge in [0.1, 0.15) is 5.75 Å². The van der Waals surface area contributed by atoms with Crippen LogP contribution in [0.3, 0.4) is 0 Å². The van der Waals surface area contributed by atoms with Crippen LogP contribution in [0.2, 0.25) is 0 Å². The fraction of sp³-hybridized carbons (Fsp3) is 0.542. The SMILES string of the molecule is Cc1ccc2c(c1)[C@H](O)C[C@H](C(=O)NC13CC(NC(=O)c4cnc(C5CCC5)o4)(C1)C3)O2. The number of amides is 2. The van der Waals surface area contributed by atoms with Gasteiger partial charge in [0.25, 0.3) is 11.8 Å². The Bertz CT molecular complexity index is 1090. The van der Waals surface area contributed by atoms with Crippen LogP contribution in [-0.4, -0.2) is 39.1 Å². The average molecular weight is 437 g/mol. The number of oxazole rings is 1. The van der Waals surface area contributed by atoms with Gasteiger partial charge in [-0.1, -0.05) is 18.1 Å². The van der Waals surface area contributed by atoms with Crippen molar-refractivity contribution in [1.82, 2.24) is 15.6 Å². The number of hydrogen-bond acceptors (Lipinski definition) is 6. The van der Waals surface area contributed by atoms with Gasteiger partial charge in [-0.05, 0) is 51.2 Å². The summed E-state index contributed by atoms with van der Waals surface area (Å²) in [5.74, 6) is 1.37. The first-order valence-corrected chi connectivity index (χ1v) is 11.4. The van der Waals surface area contributed by atoms with Crippen molar-refractivity contribution in [2.45, 2.75) is 81.1 Å². The third kappa shape index (κ3) is 3.11. The lowest BCUT2D eigenvalue weighted by Gasteiger charge is -2.70. The Balaban J connectivity index is 1.03. The number of rotatable bonds is 5. The van der Waals surface area contributed by atoms with Crippen LogP contribution < -0.4 is 15.4 Å². The van der Waals surface area contributed by atoms with Crippen LogP contribution in [0.25, 0.3) is 0 Å². The molecule has 4 fully saturated rings. The zero-order chi connectivity index (χ0) is 22.1. The zero-order valence-corrected chi connectivity index (χ0v) is 18.0. The van der Waals surface area contributed by atoms with E-state index in [-0.39, 0.29) is 35.1 Å². The summed E-state index contributed by atoms with van der Waals surface area (Å²) in [5.41, 5.74) is 1.18. The Morgan fingerprint density at radius 1 is 1.16 bits per heavy atom. The van der Waals surface area contributed by atoms with Crippen molar-refractivity contribution < 1.29 is 23.8 Å². The van der Waals surface area contributed by atoms with Gasteiger partial charge in [-0.2, -0.15) is 0 Å². The van der Waals surface area contributed by atoms with E-state index in [2.05, 4.69) is 15.6 Å². The molecule has 2 atom stereocenters. The quantitative estimate of drug-likeness (QED) is 0.663. The Morgan fingerprint density at radius 2 is 1.91 bits per heavy atom. The van der Waals surface area contributed by atoms with E-state index >= 15 is 0 Å². The molecule has 4 aliphatic carbocycles. The number of carbonyl (C=O) groups is 2. The fourth-order valence-electron chi connectivity index (χ4n) is 5.66. The summed E-state index contributed by atoms with van der Waals surface area (Å²) in [6.45, 7) is 1.96.